The number of fused-ring (bicyclic) bond motifs is 1. The molecule has 0 aromatic heterocycles. The van der Waals surface area contributed by atoms with Gasteiger partial charge in [-0.15, -0.1) is 0 Å². The second-order valence-electron chi connectivity index (χ2n) is 8.14. The Morgan fingerprint density at radius 1 is 0.933 bits per heavy atom. The van der Waals surface area contributed by atoms with Crippen LogP contribution in [0.15, 0.2) is 48.5 Å². The van der Waals surface area contributed by atoms with Crippen molar-refractivity contribution in [3.8, 4) is 0 Å². The summed E-state index contributed by atoms with van der Waals surface area (Å²) in [7, 11) is 0. The largest absolute Gasteiger partial charge is 0.462 e. The van der Waals surface area contributed by atoms with Gasteiger partial charge in [-0.1, -0.05) is 18.0 Å². The number of ether oxygens (including phenoxy) is 1. The van der Waals surface area contributed by atoms with Crippen LogP contribution in [0.25, 0.3) is 0 Å². The van der Waals surface area contributed by atoms with Crippen LogP contribution in [0.4, 0.5) is 5.69 Å². The molecule has 2 aromatic carbocycles. The molecule has 1 N–H and O–H groups in total. The predicted octanol–water partition coefficient (Wildman–Crippen LogP) is 5.01. The molecule has 30 heavy (non-hydrogen) atoms. The van der Waals surface area contributed by atoms with E-state index in [1.807, 2.05) is 0 Å². The van der Waals surface area contributed by atoms with E-state index in [1.54, 1.807) is 48.5 Å². The maximum atomic E-state index is 12.5. The Morgan fingerprint density at radius 2 is 1.63 bits per heavy atom. The lowest BCUT2D eigenvalue weighted by Gasteiger charge is -2.44. The molecule has 0 unspecified atom stereocenters. The molecule has 0 saturated carbocycles. The summed E-state index contributed by atoms with van der Waals surface area (Å²) in [5.41, 5.74) is 1.64. The number of rotatable bonds is 5. The fraction of sp³-hybridized carbons (Fsp3) is 0.417. The Hall–Kier alpha value is -2.37. The maximum absolute atomic E-state index is 12.5. The molecule has 2 aromatic rings. The monoisotopic (exact) mass is 426 g/mol. The van der Waals surface area contributed by atoms with Crippen molar-refractivity contribution in [3.05, 3.63) is 64.7 Å². The number of halogens is 1. The molecule has 2 saturated heterocycles. The quantitative estimate of drug-likeness (QED) is 0.682. The number of carbonyl (C=O) groups is 2. The molecule has 2 heterocycles. The molecule has 2 aliphatic heterocycles. The van der Waals surface area contributed by atoms with Crippen molar-refractivity contribution in [2.75, 3.05) is 25.0 Å². The summed E-state index contributed by atoms with van der Waals surface area (Å²) in [6.45, 7) is 2.84. The normalized spacial score (nSPS) is 21.5. The smallest absolute Gasteiger partial charge is 0.338 e. The number of nitrogens with one attached hydrogen (secondary N) is 1. The Bertz CT molecular complexity index is 880. The minimum absolute atomic E-state index is 0.226. The summed E-state index contributed by atoms with van der Waals surface area (Å²) >= 11 is 5.85. The lowest BCUT2D eigenvalue weighted by molar-refractivity contribution is 0.00739. The van der Waals surface area contributed by atoms with E-state index in [9.17, 15) is 9.59 Å². The molecular formula is C24H27ClN2O3. The topological polar surface area (TPSA) is 58.6 Å². The highest BCUT2D eigenvalue weighted by Gasteiger charge is 2.33. The second kappa shape index (κ2) is 9.63. The Morgan fingerprint density at radius 3 is 2.40 bits per heavy atom. The van der Waals surface area contributed by atoms with E-state index in [-0.39, 0.29) is 11.9 Å². The van der Waals surface area contributed by atoms with Crippen molar-refractivity contribution in [1.82, 2.24) is 4.90 Å². The molecule has 0 radical (unpaired) electrons. The van der Waals surface area contributed by atoms with E-state index in [0.717, 1.165) is 6.42 Å². The van der Waals surface area contributed by atoms with E-state index in [2.05, 4.69) is 10.2 Å². The van der Waals surface area contributed by atoms with Crippen molar-refractivity contribution in [2.45, 2.75) is 38.1 Å². The Balaban J connectivity index is 1.30. The van der Waals surface area contributed by atoms with Crippen LogP contribution in [0.1, 0.15) is 52.8 Å². The average Bonchev–Trinajstić information content (AvgIpc) is 2.78. The fourth-order valence-electron chi connectivity index (χ4n) is 4.53. The van der Waals surface area contributed by atoms with Crippen LogP contribution in [0, 0.1) is 5.92 Å². The van der Waals surface area contributed by atoms with Crippen molar-refractivity contribution in [2.24, 2.45) is 5.92 Å². The first-order valence-electron chi connectivity index (χ1n) is 10.7. The summed E-state index contributed by atoms with van der Waals surface area (Å²) in [6.07, 6.45) is 6.08. The minimum atomic E-state index is -0.307. The highest BCUT2D eigenvalue weighted by molar-refractivity contribution is 6.30. The molecule has 1 amide bonds. The molecular weight excluding hydrogens is 400 g/mol. The van der Waals surface area contributed by atoms with Gasteiger partial charge >= 0.3 is 5.97 Å². The van der Waals surface area contributed by atoms with Crippen molar-refractivity contribution >= 4 is 29.2 Å². The summed E-state index contributed by atoms with van der Waals surface area (Å²) in [5.74, 6) is -0.101. The van der Waals surface area contributed by atoms with Gasteiger partial charge in [-0.2, -0.15) is 0 Å². The first-order chi connectivity index (χ1) is 14.6. The molecule has 4 rings (SSSR count). The number of piperidine rings is 2. The number of anilines is 1. The van der Waals surface area contributed by atoms with Crippen LogP contribution in [-0.2, 0) is 4.74 Å². The van der Waals surface area contributed by atoms with E-state index >= 15 is 0 Å². The van der Waals surface area contributed by atoms with Crippen LogP contribution in [-0.4, -0.2) is 42.5 Å². The SMILES string of the molecule is O=C(Nc1ccc(C(=O)OC[C@H]2CCCN3CCCC[C@@H]23)cc1)c1ccc(Cl)cc1. The van der Waals surface area contributed by atoms with Gasteiger partial charge in [0.15, 0.2) is 0 Å². The van der Waals surface area contributed by atoms with Crippen LogP contribution in [0.3, 0.4) is 0 Å². The number of amides is 1. The molecule has 0 aliphatic carbocycles. The summed E-state index contributed by atoms with van der Waals surface area (Å²) in [4.78, 5) is 27.4. The Kier molecular flexibility index (Phi) is 6.70. The summed E-state index contributed by atoms with van der Waals surface area (Å²) in [6, 6.07) is 14.1. The van der Waals surface area contributed by atoms with Gasteiger partial charge in [0, 0.05) is 28.2 Å². The standard InChI is InChI=1S/C24H27ClN2O3/c25-20-10-6-17(7-11-20)23(28)26-21-12-8-18(9-13-21)24(29)30-16-19-4-3-15-27-14-2-1-5-22(19)27/h6-13,19,22H,1-5,14-16H2,(H,26,28)/t19-,22+/m1/s1. The van der Waals surface area contributed by atoms with Crippen LogP contribution in [0.2, 0.25) is 5.02 Å². The van der Waals surface area contributed by atoms with E-state index in [4.69, 9.17) is 16.3 Å². The molecule has 2 atom stereocenters. The molecule has 5 nitrogen and oxygen atoms in total. The third kappa shape index (κ3) is 5.02. The molecule has 6 heteroatoms. The van der Waals surface area contributed by atoms with Gasteiger partial charge in [-0.25, -0.2) is 4.79 Å². The van der Waals surface area contributed by atoms with Gasteiger partial charge in [-0.05, 0) is 87.3 Å². The second-order valence-corrected chi connectivity index (χ2v) is 8.57. The maximum Gasteiger partial charge on any atom is 0.338 e. The van der Waals surface area contributed by atoms with Gasteiger partial charge in [0.1, 0.15) is 0 Å². The zero-order valence-corrected chi connectivity index (χ0v) is 17.7. The average molecular weight is 427 g/mol. The lowest BCUT2D eigenvalue weighted by Crippen LogP contribution is -2.49. The zero-order valence-electron chi connectivity index (χ0n) is 17.0. The highest BCUT2D eigenvalue weighted by Crippen LogP contribution is 2.31. The van der Waals surface area contributed by atoms with Crippen molar-refractivity contribution in [3.63, 3.8) is 0 Å². The van der Waals surface area contributed by atoms with E-state index in [1.165, 1.54) is 38.8 Å². The van der Waals surface area contributed by atoms with E-state index < -0.39 is 0 Å². The van der Waals surface area contributed by atoms with Gasteiger partial charge < -0.3 is 10.1 Å². The van der Waals surface area contributed by atoms with Crippen LogP contribution >= 0.6 is 11.6 Å². The number of esters is 1. The minimum Gasteiger partial charge on any atom is -0.462 e. The van der Waals surface area contributed by atoms with Crippen LogP contribution in [0.5, 0.6) is 0 Å². The zero-order chi connectivity index (χ0) is 20.9. The number of hydrogen-bond acceptors (Lipinski definition) is 4. The molecule has 0 spiro atoms. The number of hydrogen-bond donors (Lipinski definition) is 1. The molecule has 2 fully saturated rings. The van der Waals surface area contributed by atoms with Crippen molar-refractivity contribution in [1.29, 1.82) is 0 Å². The number of nitrogens with zero attached hydrogens (tertiary/aromatic N) is 1. The highest BCUT2D eigenvalue weighted by atomic mass is 35.5. The molecule has 158 valence electrons. The number of carbonyl (C=O) groups excluding carboxylic acids is 2. The predicted molar refractivity (Wildman–Crippen MR) is 118 cm³/mol. The lowest BCUT2D eigenvalue weighted by atomic mass is 9.84. The third-order valence-electron chi connectivity index (χ3n) is 6.14. The van der Waals surface area contributed by atoms with Gasteiger partial charge in [-0.3, -0.25) is 9.69 Å². The van der Waals surface area contributed by atoms with Gasteiger partial charge in [0.25, 0.3) is 5.91 Å². The van der Waals surface area contributed by atoms with E-state index in [0.29, 0.717) is 40.4 Å². The fourth-order valence-corrected chi connectivity index (χ4v) is 4.66. The number of benzene rings is 2. The van der Waals surface area contributed by atoms with Gasteiger partial charge in [0.05, 0.1) is 12.2 Å². The van der Waals surface area contributed by atoms with Gasteiger partial charge in [0.2, 0.25) is 0 Å². The Labute approximate surface area is 182 Å². The summed E-state index contributed by atoms with van der Waals surface area (Å²) < 4.78 is 5.65. The van der Waals surface area contributed by atoms with Crippen molar-refractivity contribution < 1.29 is 14.3 Å². The first kappa shape index (κ1) is 20.9. The third-order valence-corrected chi connectivity index (χ3v) is 6.39. The first-order valence-corrected chi connectivity index (χ1v) is 11.1. The molecule has 2 aliphatic rings. The summed E-state index contributed by atoms with van der Waals surface area (Å²) in [5, 5.41) is 3.40. The molecule has 0 bridgehead atoms. The van der Waals surface area contributed by atoms with Crippen LogP contribution < -0.4 is 5.32 Å².